The largest absolute Gasteiger partial charge is 0.392 e. The molecule has 0 N–H and O–H groups in total. The van der Waals surface area contributed by atoms with Gasteiger partial charge in [0.1, 0.15) is 10.6 Å². The maximum Gasteiger partial charge on any atom is 0.392 e. The molecule has 0 aliphatic heterocycles. The smallest absolute Gasteiger partial charge is 0.349 e. The lowest BCUT2D eigenvalue weighted by Crippen LogP contribution is -1.95. The first-order valence-corrected chi connectivity index (χ1v) is 6.71. The minimum atomic E-state index is -2.07. The molecule has 86 valence electrons. The highest BCUT2D eigenvalue weighted by Gasteiger charge is 2.16. The summed E-state index contributed by atoms with van der Waals surface area (Å²) in [6.07, 6.45) is 0. The molecule has 0 aliphatic carbocycles. The topological polar surface area (TPSA) is 167 Å². The van der Waals surface area contributed by atoms with Gasteiger partial charge in [-0.25, -0.2) is 13.8 Å². The van der Waals surface area contributed by atoms with Crippen LogP contribution in [-0.4, -0.2) is 14.8 Å². The Kier molecular flexibility index (Phi) is 7.83. The molecule has 16 heavy (non-hydrogen) atoms. The van der Waals surface area contributed by atoms with E-state index in [1.54, 1.807) is 0 Å². The Morgan fingerprint density at radius 2 is 1.44 bits per heavy atom. The van der Waals surface area contributed by atoms with Crippen LogP contribution in [0.1, 0.15) is 0 Å². The van der Waals surface area contributed by atoms with Gasteiger partial charge < -0.3 is 9.68 Å². The summed E-state index contributed by atoms with van der Waals surface area (Å²) in [6.45, 7) is 0. The zero-order valence-electron chi connectivity index (χ0n) is 6.95. The van der Waals surface area contributed by atoms with E-state index in [-0.39, 0.29) is 21.6 Å². The average Bonchev–Trinajstić information content (AvgIpc) is 2.23. The van der Waals surface area contributed by atoms with E-state index in [2.05, 4.69) is 30.1 Å². The number of hydrogen-bond acceptors (Lipinski definition) is 9. The fourth-order valence-corrected chi connectivity index (χ4v) is 2.90. The highest BCUT2D eigenvalue weighted by atomic mass is 33.5. The van der Waals surface area contributed by atoms with E-state index in [0.29, 0.717) is 0 Å². The molecule has 0 heterocycles. The fourth-order valence-electron chi connectivity index (χ4n) is 0.262. The Hall–Kier alpha value is -1.59. The minimum absolute atomic E-state index is 0.0749. The Balaban J connectivity index is 3.98. The molecule has 0 atom stereocenters. The van der Waals surface area contributed by atoms with Crippen LogP contribution in [-0.2, 0) is 18.5 Å². The first-order valence-electron chi connectivity index (χ1n) is 2.89. The highest BCUT2D eigenvalue weighted by molar-refractivity contribution is 9.07. The molecule has 0 saturated heterocycles. The van der Waals surface area contributed by atoms with Gasteiger partial charge in [0, 0.05) is 9.82 Å². The average molecular weight is 284 g/mol. The molecule has 14 heteroatoms. The summed E-state index contributed by atoms with van der Waals surface area (Å²) in [7, 11) is -1.92. The van der Waals surface area contributed by atoms with Crippen LogP contribution in [0.2, 0.25) is 0 Å². The third kappa shape index (κ3) is 7.78. The molecular weight excluding hydrogens is 284 g/mol. The Bertz CT molecular complexity index is 361. The van der Waals surface area contributed by atoms with Crippen molar-refractivity contribution in [2.24, 2.45) is 10.6 Å². The van der Waals surface area contributed by atoms with E-state index in [1.165, 1.54) is 0 Å². The van der Waals surface area contributed by atoms with Gasteiger partial charge >= 0.3 is 10.6 Å². The fraction of sp³-hybridized carbons (Fsp3) is 0. The Morgan fingerprint density at radius 3 is 1.75 bits per heavy atom. The molecular formula is C2N6O5S3. The number of nitrogens with zero attached hydrogens (tertiary/aromatic N) is 6. The number of rotatable bonds is 4. The van der Waals surface area contributed by atoms with Crippen molar-refractivity contribution in [3.8, 4) is 0 Å². The van der Waals surface area contributed by atoms with Crippen LogP contribution in [0.5, 0.6) is 0 Å². The third-order valence-electron chi connectivity index (χ3n) is 0.576. The van der Waals surface area contributed by atoms with Gasteiger partial charge in [-0.05, 0) is 11.1 Å². The molecule has 0 amide bonds. The molecule has 0 aromatic heterocycles. The first-order chi connectivity index (χ1) is 7.60. The van der Waals surface area contributed by atoms with Gasteiger partial charge in [0.15, 0.2) is 8.86 Å². The third-order valence-corrected chi connectivity index (χ3v) is 4.13. The van der Waals surface area contributed by atoms with Gasteiger partial charge in [-0.15, -0.1) is 0 Å². The van der Waals surface area contributed by atoms with Crippen molar-refractivity contribution in [2.75, 3.05) is 0 Å². The van der Waals surface area contributed by atoms with Gasteiger partial charge in [-0.2, -0.15) is 0 Å². The van der Waals surface area contributed by atoms with Gasteiger partial charge in [-0.3, -0.25) is 0 Å². The quantitative estimate of drug-likeness (QED) is 0.251. The maximum absolute atomic E-state index is 11.0. The van der Waals surface area contributed by atoms with Gasteiger partial charge in [0.25, 0.3) is 0 Å². The summed E-state index contributed by atoms with van der Waals surface area (Å²) in [6, 6.07) is 0. The van der Waals surface area contributed by atoms with E-state index < -0.39 is 19.5 Å². The van der Waals surface area contributed by atoms with E-state index in [9.17, 15) is 13.8 Å². The van der Waals surface area contributed by atoms with Crippen LogP contribution < -0.4 is 0 Å². The summed E-state index contributed by atoms with van der Waals surface area (Å²) >= 11 is 0. The van der Waals surface area contributed by atoms with Crippen LogP contribution in [0.25, 0.3) is 20.9 Å². The van der Waals surface area contributed by atoms with E-state index >= 15 is 0 Å². The number of azide groups is 2. The predicted molar refractivity (Wildman–Crippen MR) is 54.6 cm³/mol. The van der Waals surface area contributed by atoms with Crippen molar-refractivity contribution >= 4 is 41.1 Å². The summed E-state index contributed by atoms with van der Waals surface area (Å²) in [4.78, 5) is 33.1. The van der Waals surface area contributed by atoms with Gasteiger partial charge in [0.2, 0.25) is 0 Å². The lowest BCUT2D eigenvalue weighted by Gasteiger charge is -1.95. The number of carbonyl (C=O) groups is 2. The van der Waals surface area contributed by atoms with Crippen molar-refractivity contribution in [3.63, 3.8) is 0 Å². The molecule has 0 saturated carbocycles. The van der Waals surface area contributed by atoms with E-state index in [1.807, 2.05) is 0 Å². The van der Waals surface area contributed by atoms with Crippen LogP contribution in [0, 0.1) is 0 Å². The molecule has 11 nitrogen and oxygen atoms in total. The molecule has 0 aliphatic rings. The van der Waals surface area contributed by atoms with Crippen molar-refractivity contribution < 1.29 is 23.5 Å². The van der Waals surface area contributed by atoms with Crippen molar-refractivity contribution in [3.05, 3.63) is 20.9 Å². The molecule has 0 aromatic rings. The molecule has 0 radical (unpaired) electrons. The van der Waals surface area contributed by atoms with E-state index in [0.717, 1.165) is 0 Å². The zero-order chi connectivity index (χ0) is 12.4. The van der Waals surface area contributed by atoms with Crippen molar-refractivity contribution in [2.45, 2.75) is 0 Å². The lowest BCUT2D eigenvalue weighted by atomic mass is 11.6. The standard InChI is InChI=1S/C2N6O5S3/c3-5-7-12-1(9)14-16(11)15-2(10)13-8-6-4. The van der Waals surface area contributed by atoms with Crippen LogP contribution in [0.4, 0.5) is 9.59 Å². The first kappa shape index (κ1) is 14.4. The number of carbonyl (C=O) groups excluding carboxylic acids is 2. The molecule has 0 spiro atoms. The monoisotopic (exact) mass is 284 g/mol. The van der Waals surface area contributed by atoms with Gasteiger partial charge in [0.05, 0.1) is 21.6 Å². The molecule has 0 rings (SSSR count). The second-order valence-electron chi connectivity index (χ2n) is 1.40. The van der Waals surface area contributed by atoms with Crippen LogP contribution in [0.3, 0.4) is 0 Å². The summed E-state index contributed by atoms with van der Waals surface area (Å²) in [5.74, 6) is 0. The lowest BCUT2D eigenvalue weighted by molar-refractivity contribution is 0.177. The Labute approximate surface area is 96.3 Å². The highest BCUT2D eigenvalue weighted by Crippen LogP contribution is 2.24. The van der Waals surface area contributed by atoms with E-state index in [4.69, 9.17) is 11.1 Å². The SMILES string of the molecule is [N-]=[N+]=NOC(=O)SS(=O)SC(=O)ON=[N+]=[N-]. The summed E-state index contributed by atoms with van der Waals surface area (Å²) < 4.78 is 11.0. The number of hydrogen-bond donors (Lipinski definition) is 0. The van der Waals surface area contributed by atoms with Crippen LogP contribution >= 0.6 is 21.6 Å². The Morgan fingerprint density at radius 1 is 1.06 bits per heavy atom. The summed E-state index contributed by atoms with van der Waals surface area (Å²) in [5, 5.41) is 2.54. The van der Waals surface area contributed by atoms with Crippen LogP contribution in [0.15, 0.2) is 10.6 Å². The molecule has 0 unspecified atom stereocenters. The second-order valence-corrected chi connectivity index (χ2v) is 6.25. The molecule has 0 fully saturated rings. The van der Waals surface area contributed by atoms with Crippen molar-refractivity contribution in [1.29, 1.82) is 0 Å². The van der Waals surface area contributed by atoms with Crippen molar-refractivity contribution in [1.82, 2.24) is 0 Å². The molecule has 0 bridgehead atoms. The predicted octanol–water partition coefficient (Wildman–Crippen LogP) is 2.76. The second kappa shape index (κ2) is 8.70. The molecule has 0 aromatic carbocycles. The van der Waals surface area contributed by atoms with Gasteiger partial charge in [-0.1, -0.05) is 0 Å². The maximum atomic E-state index is 11.0. The minimum Gasteiger partial charge on any atom is -0.349 e. The summed E-state index contributed by atoms with van der Waals surface area (Å²) in [5.41, 5.74) is 15.5. The zero-order valence-corrected chi connectivity index (χ0v) is 9.40. The normalized spacial score (nSPS) is 10.2.